The minimum absolute atomic E-state index is 0.0367. The van der Waals surface area contributed by atoms with Crippen LogP contribution in [0.4, 0.5) is 0 Å². The van der Waals surface area contributed by atoms with Gasteiger partial charge in [0.25, 0.3) is 0 Å². The molecule has 2 aromatic carbocycles. The molecule has 2 aromatic rings. The fourth-order valence-corrected chi connectivity index (χ4v) is 1.83. The molecule has 0 atom stereocenters. The van der Waals surface area contributed by atoms with Crippen molar-refractivity contribution in [3.05, 3.63) is 48.0 Å². The largest absolute Gasteiger partial charge is 0.457 e. The van der Waals surface area contributed by atoms with Gasteiger partial charge in [0.05, 0.1) is 0 Å². The first-order valence-corrected chi connectivity index (χ1v) is 5.91. The molecule has 0 amide bonds. The zero-order chi connectivity index (χ0) is 13.2. The molecule has 96 valence electrons. The number of hydrogen-bond donors (Lipinski definition) is 0. The highest BCUT2D eigenvalue weighted by Gasteiger charge is 2.13. The van der Waals surface area contributed by atoms with Crippen LogP contribution in [0.5, 0.6) is 23.0 Å². The van der Waals surface area contributed by atoms with Crippen LogP contribution in [0.3, 0.4) is 0 Å². The van der Waals surface area contributed by atoms with Crippen molar-refractivity contribution >= 4 is 5.78 Å². The number of carbonyl (C=O) groups is 1. The maximum Gasteiger partial charge on any atom is 0.231 e. The molecule has 0 aliphatic carbocycles. The van der Waals surface area contributed by atoms with Gasteiger partial charge in [-0.15, -0.1) is 0 Å². The lowest BCUT2D eigenvalue weighted by Gasteiger charge is -2.06. The molecular formula is C15H12O4. The number of Topliss-reactive ketones (excluding diaryl/α,β-unsaturated/α-hetero) is 1. The number of benzene rings is 2. The predicted molar refractivity (Wildman–Crippen MR) is 69.1 cm³/mol. The Kier molecular flexibility index (Phi) is 2.83. The maximum absolute atomic E-state index is 11.2. The molecule has 0 radical (unpaired) electrons. The first kappa shape index (κ1) is 11.6. The number of ether oxygens (including phenoxy) is 3. The Balaban J connectivity index is 1.79. The summed E-state index contributed by atoms with van der Waals surface area (Å²) in [5.74, 6) is 2.77. The van der Waals surface area contributed by atoms with Gasteiger partial charge < -0.3 is 14.2 Å². The lowest BCUT2D eigenvalue weighted by Crippen LogP contribution is -1.93. The zero-order valence-corrected chi connectivity index (χ0v) is 10.4. The van der Waals surface area contributed by atoms with Crippen LogP contribution >= 0.6 is 0 Å². The maximum atomic E-state index is 11.2. The first-order valence-electron chi connectivity index (χ1n) is 5.91. The summed E-state index contributed by atoms with van der Waals surface area (Å²) in [6.07, 6.45) is 0. The summed E-state index contributed by atoms with van der Waals surface area (Å²) >= 11 is 0. The van der Waals surface area contributed by atoms with E-state index in [0.29, 0.717) is 22.8 Å². The third kappa shape index (κ3) is 2.38. The van der Waals surface area contributed by atoms with Gasteiger partial charge in [-0.1, -0.05) is 0 Å². The van der Waals surface area contributed by atoms with Crippen molar-refractivity contribution in [2.45, 2.75) is 6.92 Å². The van der Waals surface area contributed by atoms with Gasteiger partial charge >= 0.3 is 0 Å². The summed E-state index contributed by atoms with van der Waals surface area (Å²) in [7, 11) is 0. The van der Waals surface area contributed by atoms with Gasteiger partial charge in [-0.2, -0.15) is 0 Å². The molecule has 0 unspecified atom stereocenters. The average Bonchev–Trinajstić information content (AvgIpc) is 2.87. The van der Waals surface area contributed by atoms with Crippen molar-refractivity contribution in [3.8, 4) is 23.0 Å². The van der Waals surface area contributed by atoms with Gasteiger partial charge in [-0.25, -0.2) is 0 Å². The molecule has 4 nitrogen and oxygen atoms in total. The average molecular weight is 256 g/mol. The molecule has 4 heteroatoms. The Labute approximate surface area is 110 Å². The van der Waals surface area contributed by atoms with E-state index >= 15 is 0 Å². The van der Waals surface area contributed by atoms with Crippen LogP contribution in [0.25, 0.3) is 0 Å². The van der Waals surface area contributed by atoms with Crippen molar-refractivity contribution < 1.29 is 19.0 Å². The molecule has 1 aliphatic heterocycles. The van der Waals surface area contributed by atoms with E-state index < -0.39 is 0 Å². The summed E-state index contributed by atoms with van der Waals surface area (Å²) < 4.78 is 16.2. The Morgan fingerprint density at radius 3 is 2.42 bits per heavy atom. The van der Waals surface area contributed by atoms with E-state index in [0.717, 1.165) is 5.75 Å². The lowest BCUT2D eigenvalue weighted by molar-refractivity contribution is 0.101. The Hall–Kier alpha value is -2.49. The smallest absolute Gasteiger partial charge is 0.231 e. The highest BCUT2D eigenvalue weighted by atomic mass is 16.7. The molecule has 1 heterocycles. The van der Waals surface area contributed by atoms with Crippen molar-refractivity contribution in [2.75, 3.05) is 6.79 Å². The summed E-state index contributed by atoms with van der Waals surface area (Å²) in [4.78, 5) is 11.2. The first-order chi connectivity index (χ1) is 9.22. The molecular weight excluding hydrogens is 244 g/mol. The van der Waals surface area contributed by atoms with Crippen molar-refractivity contribution in [1.29, 1.82) is 0 Å². The molecule has 1 aliphatic rings. The number of hydrogen-bond acceptors (Lipinski definition) is 4. The summed E-state index contributed by atoms with van der Waals surface area (Å²) in [5, 5.41) is 0. The number of carbonyl (C=O) groups excluding carboxylic acids is 1. The van der Waals surface area contributed by atoms with Gasteiger partial charge in [0, 0.05) is 11.6 Å². The van der Waals surface area contributed by atoms with E-state index in [1.54, 1.807) is 30.3 Å². The van der Waals surface area contributed by atoms with Gasteiger partial charge in [-0.3, -0.25) is 4.79 Å². The van der Waals surface area contributed by atoms with E-state index in [4.69, 9.17) is 14.2 Å². The highest BCUT2D eigenvalue weighted by molar-refractivity contribution is 5.94. The quantitative estimate of drug-likeness (QED) is 0.789. The summed E-state index contributed by atoms with van der Waals surface area (Å²) in [6.45, 7) is 1.78. The molecule has 0 spiro atoms. The van der Waals surface area contributed by atoms with Gasteiger partial charge in [0.2, 0.25) is 6.79 Å². The molecule has 0 saturated heterocycles. The van der Waals surface area contributed by atoms with Crippen LogP contribution in [-0.2, 0) is 0 Å². The second kappa shape index (κ2) is 4.65. The lowest BCUT2D eigenvalue weighted by atomic mass is 10.1. The van der Waals surface area contributed by atoms with E-state index in [2.05, 4.69) is 0 Å². The van der Waals surface area contributed by atoms with E-state index in [1.165, 1.54) is 6.92 Å². The standard InChI is InChI=1S/C15H12O4/c1-10(16)11-2-4-12(5-3-11)19-13-6-7-14-15(8-13)18-9-17-14/h2-8H,9H2,1H3. The van der Waals surface area contributed by atoms with Gasteiger partial charge in [-0.05, 0) is 43.3 Å². The number of ketones is 1. The van der Waals surface area contributed by atoms with E-state index in [1.807, 2.05) is 12.1 Å². The normalized spacial score (nSPS) is 12.3. The molecule has 0 fully saturated rings. The Morgan fingerprint density at radius 2 is 1.68 bits per heavy atom. The van der Waals surface area contributed by atoms with Crippen LogP contribution in [0, 0.1) is 0 Å². The minimum atomic E-state index is 0.0367. The summed E-state index contributed by atoms with van der Waals surface area (Å²) in [6, 6.07) is 12.4. The van der Waals surface area contributed by atoms with Crippen LogP contribution in [-0.4, -0.2) is 12.6 Å². The Morgan fingerprint density at radius 1 is 1.00 bits per heavy atom. The SMILES string of the molecule is CC(=O)c1ccc(Oc2ccc3c(c2)OCO3)cc1. The fraction of sp³-hybridized carbons (Fsp3) is 0.133. The zero-order valence-electron chi connectivity index (χ0n) is 10.4. The van der Waals surface area contributed by atoms with E-state index in [-0.39, 0.29) is 12.6 Å². The van der Waals surface area contributed by atoms with Crippen molar-refractivity contribution in [3.63, 3.8) is 0 Å². The monoisotopic (exact) mass is 256 g/mol. The van der Waals surface area contributed by atoms with Crippen molar-refractivity contribution in [2.24, 2.45) is 0 Å². The van der Waals surface area contributed by atoms with Crippen molar-refractivity contribution in [1.82, 2.24) is 0 Å². The number of fused-ring (bicyclic) bond motifs is 1. The molecule has 0 bridgehead atoms. The molecule has 0 saturated carbocycles. The third-order valence-electron chi connectivity index (χ3n) is 2.84. The fourth-order valence-electron chi connectivity index (χ4n) is 1.83. The number of rotatable bonds is 3. The van der Waals surface area contributed by atoms with Crippen LogP contribution < -0.4 is 14.2 Å². The highest BCUT2D eigenvalue weighted by Crippen LogP contribution is 2.36. The van der Waals surface area contributed by atoms with E-state index in [9.17, 15) is 4.79 Å². The second-order valence-electron chi connectivity index (χ2n) is 4.20. The van der Waals surface area contributed by atoms with Crippen LogP contribution in [0.2, 0.25) is 0 Å². The van der Waals surface area contributed by atoms with Gasteiger partial charge in [0.15, 0.2) is 17.3 Å². The molecule has 3 rings (SSSR count). The molecule has 19 heavy (non-hydrogen) atoms. The summed E-state index contributed by atoms with van der Waals surface area (Å²) in [5.41, 5.74) is 0.665. The van der Waals surface area contributed by atoms with Gasteiger partial charge in [0.1, 0.15) is 11.5 Å². The third-order valence-corrected chi connectivity index (χ3v) is 2.84. The minimum Gasteiger partial charge on any atom is -0.457 e. The van der Waals surface area contributed by atoms with Crippen LogP contribution in [0.1, 0.15) is 17.3 Å². The molecule has 0 aromatic heterocycles. The Bertz CT molecular complexity index is 617. The second-order valence-corrected chi connectivity index (χ2v) is 4.20. The topological polar surface area (TPSA) is 44.8 Å². The predicted octanol–water partition coefficient (Wildman–Crippen LogP) is 3.41. The molecule has 0 N–H and O–H groups in total. The van der Waals surface area contributed by atoms with Crippen LogP contribution in [0.15, 0.2) is 42.5 Å².